The summed E-state index contributed by atoms with van der Waals surface area (Å²) in [7, 11) is -3.31. The SMILES string of the molecule is CCCc1cnc(N2CCC(Oc3ccn(-c4ccc(S(C)(=O)=O)cc4)c(=O)c3Cl)CC2)nc1. The van der Waals surface area contributed by atoms with Crippen molar-refractivity contribution in [2.24, 2.45) is 0 Å². The second kappa shape index (κ2) is 10.1. The Morgan fingerprint density at radius 1 is 1.09 bits per heavy atom. The summed E-state index contributed by atoms with van der Waals surface area (Å²) in [5.41, 5.74) is 1.23. The Morgan fingerprint density at radius 3 is 2.32 bits per heavy atom. The molecule has 0 atom stereocenters. The highest BCUT2D eigenvalue weighted by atomic mass is 35.5. The van der Waals surface area contributed by atoms with Gasteiger partial charge in [0.25, 0.3) is 5.56 Å². The van der Waals surface area contributed by atoms with Crippen LogP contribution in [-0.4, -0.2) is 48.4 Å². The van der Waals surface area contributed by atoms with Gasteiger partial charge in [0.1, 0.15) is 16.9 Å². The normalized spacial score (nSPS) is 14.9. The highest BCUT2D eigenvalue weighted by Gasteiger charge is 2.23. The molecular weight excluding hydrogens is 476 g/mol. The maximum atomic E-state index is 12.8. The lowest BCUT2D eigenvalue weighted by Gasteiger charge is -2.32. The van der Waals surface area contributed by atoms with Crippen LogP contribution in [0.5, 0.6) is 5.75 Å². The first-order valence-corrected chi connectivity index (χ1v) is 13.5. The third kappa shape index (κ3) is 5.42. The fraction of sp³-hybridized carbons (Fsp3) is 0.375. The zero-order valence-electron chi connectivity index (χ0n) is 19.1. The third-order valence-corrected chi connectivity index (χ3v) is 7.27. The lowest BCUT2D eigenvalue weighted by atomic mass is 10.1. The summed E-state index contributed by atoms with van der Waals surface area (Å²) < 4.78 is 30.7. The van der Waals surface area contributed by atoms with Crippen molar-refractivity contribution in [2.75, 3.05) is 24.2 Å². The van der Waals surface area contributed by atoms with Crippen molar-refractivity contribution < 1.29 is 13.2 Å². The van der Waals surface area contributed by atoms with E-state index in [1.807, 2.05) is 12.4 Å². The molecule has 3 aromatic rings. The molecule has 0 bridgehead atoms. The Bertz CT molecular complexity index is 1300. The number of hydrogen-bond donors (Lipinski definition) is 0. The molecule has 0 amide bonds. The van der Waals surface area contributed by atoms with Gasteiger partial charge in [-0.05, 0) is 42.3 Å². The van der Waals surface area contributed by atoms with Gasteiger partial charge >= 0.3 is 0 Å². The van der Waals surface area contributed by atoms with Crippen molar-refractivity contribution in [3.63, 3.8) is 0 Å². The molecule has 0 N–H and O–H groups in total. The molecule has 1 aromatic carbocycles. The number of aryl methyl sites for hydroxylation is 1. The first-order chi connectivity index (χ1) is 16.3. The minimum absolute atomic E-state index is 0.00744. The van der Waals surface area contributed by atoms with E-state index in [-0.39, 0.29) is 16.0 Å². The molecule has 1 saturated heterocycles. The fourth-order valence-corrected chi connectivity index (χ4v) is 4.75. The average molecular weight is 503 g/mol. The molecule has 34 heavy (non-hydrogen) atoms. The summed E-state index contributed by atoms with van der Waals surface area (Å²) in [6, 6.07) is 7.73. The van der Waals surface area contributed by atoms with Gasteiger partial charge < -0.3 is 9.64 Å². The minimum Gasteiger partial charge on any atom is -0.488 e. The summed E-state index contributed by atoms with van der Waals surface area (Å²) in [5, 5.41) is -0.00744. The molecular formula is C24H27ClN4O4S. The van der Waals surface area contributed by atoms with E-state index >= 15 is 0 Å². The molecule has 4 rings (SSSR count). The van der Waals surface area contributed by atoms with Crippen molar-refractivity contribution >= 4 is 27.4 Å². The quantitative estimate of drug-likeness (QED) is 0.486. The van der Waals surface area contributed by atoms with Crippen molar-refractivity contribution in [3.8, 4) is 11.4 Å². The maximum Gasteiger partial charge on any atom is 0.277 e. The third-order valence-electron chi connectivity index (χ3n) is 5.79. The number of sulfone groups is 1. The molecule has 0 unspecified atom stereocenters. The molecule has 1 aliphatic rings. The van der Waals surface area contributed by atoms with Crippen LogP contribution in [0.2, 0.25) is 5.02 Å². The highest BCUT2D eigenvalue weighted by molar-refractivity contribution is 7.90. The van der Waals surface area contributed by atoms with E-state index in [9.17, 15) is 13.2 Å². The van der Waals surface area contributed by atoms with Crippen LogP contribution in [0, 0.1) is 0 Å². The van der Waals surface area contributed by atoms with Crippen molar-refractivity contribution in [1.82, 2.24) is 14.5 Å². The van der Waals surface area contributed by atoms with Gasteiger partial charge in [0.15, 0.2) is 9.84 Å². The summed E-state index contributed by atoms with van der Waals surface area (Å²) in [4.78, 5) is 24.1. The van der Waals surface area contributed by atoms with Crippen molar-refractivity contribution in [2.45, 2.75) is 43.6 Å². The van der Waals surface area contributed by atoms with E-state index < -0.39 is 15.4 Å². The van der Waals surface area contributed by atoms with Crippen molar-refractivity contribution in [1.29, 1.82) is 0 Å². The largest absolute Gasteiger partial charge is 0.488 e. The van der Waals surface area contributed by atoms with Crippen LogP contribution in [0.15, 0.2) is 58.6 Å². The lowest BCUT2D eigenvalue weighted by Crippen LogP contribution is -2.39. The molecule has 10 heteroatoms. The first kappa shape index (κ1) is 24.2. The average Bonchev–Trinajstić information content (AvgIpc) is 2.83. The lowest BCUT2D eigenvalue weighted by molar-refractivity contribution is 0.170. The number of benzene rings is 1. The number of halogens is 1. The Balaban J connectivity index is 1.41. The monoisotopic (exact) mass is 502 g/mol. The van der Waals surface area contributed by atoms with Crippen LogP contribution in [0.1, 0.15) is 31.7 Å². The highest BCUT2D eigenvalue weighted by Crippen LogP contribution is 2.26. The number of hydrogen-bond acceptors (Lipinski definition) is 7. The van der Waals surface area contributed by atoms with Gasteiger partial charge in [0.05, 0.1) is 4.90 Å². The van der Waals surface area contributed by atoms with Gasteiger partial charge in [0, 0.05) is 56.5 Å². The van der Waals surface area contributed by atoms with Gasteiger partial charge in [0.2, 0.25) is 5.95 Å². The van der Waals surface area contributed by atoms with E-state index in [1.165, 1.54) is 16.7 Å². The molecule has 180 valence electrons. The summed E-state index contributed by atoms with van der Waals surface area (Å²) in [5.74, 6) is 1.06. The number of aromatic nitrogens is 3. The molecule has 0 saturated carbocycles. The topological polar surface area (TPSA) is 94.4 Å². The molecule has 8 nitrogen and oxygen atoms in total. The van der Waals surface area contributed by atoms with E-state index in [0.29, 0.717) is 11.4 Å². The molecule has 1 aliphatic heterocycles. The van der Waals surface area contributed by atoms with Crippen LogP contribution in [0.25, 0.3) is 5.69 Å². The Labute approximate surface area is 204 Å². The molecule has 0 aliphatic carbocycles. The van der Waals surface area contributed by atoms with Gasteiger partial charge in [-0.25, -0.2) is 18.4 Å². The van der Waals surface area contributed by atoms with Crippen LogP contribution in [0.3, 0.4) is 0 Å². The van der Waals surface area contributed by atoms with Crippen molar-refractivity contribution in [3.05, 3.63) is 69.9 Å². The van der Waals surface area contributed by atoms with Crippen LogP contribution in [-0.2, 0) is 16.3 Å². The minimum atomic E-state index is -3.31. The van der Waals surface area contributed by atoms with Gasteiger partial charge in [-0.15, -0.1) is 0 Å². The number of ether oxygens (including phenoxy) is 1. The predicted molar refractivity (Wildman–Crippen MR) is 132 cm³/mol. The summed E-state index contributed by atoms with van der Waals surface area (Å²) in [6.45, 7) is 3.63. The number of anilines is 1. The summed E-state index contributed by atoms with van der Waals surface area (Å²) in [6.07, 6.45) is 9.97. The first-order valence-electron chi connectivity index (χ1n) is 11.2. The molecule has 0 spiro atoms. The smallest absolute Gasteiger partial charge is 0.277 e. The Hall–Kier alpha value is -2.91. The summed E-state index contributed by atoms with van der Waals surface area (Å²) >= 11 is 6.35. The van der Waals surface area contributed by atoms with Gasteiger partial charge in [-0.3, -0.25) is 9.36 Å². The predicted octanol–water partition coefficient (Wildman–Crippen LogP) is 3.68. The number of piperidine rings is 1. The van der Waals surface area contributed by atoms with Gasteiger partial charge in [-0.2, -0.15) is 0 Å². The van der Waals surface area contributed by atoms with Crippen LogP contribution in [0.4, 0.5) is 5.95 Å². The van der Waals surface area contributed by atoms with E-state index in [0.717, 1.165) is 56.5 Å². The Kier molecular flexibility index (Phi) is 7.23. The maximum absolute atomic E-state index is 12.8. The zero-order chi connectivity index (χ0) is 24.3. The molecule has 1 fully saturated rings. The number of rotatable bonds is 7. The van der Waals surface area contributed by atoms with E-state index in [2.05, 4.69) is 21.8 Å². The number of pyridine rings is 1. The molecule has 3 heterocycles. The van der Waals surface area contributed by atoms with E-state index in [1.54, 1.807) is 24.4 Å². The van der Waals surface area contributed by atoms with Crippen LogP contribution < -0.4 is 15.2 Å². The van der Waals surface area contributed by atoms with E-state index in [4.69, 9.17) is 16.3 Å². The zero-order valence-corrected chi connectivity index (χ0v) is 20.7. The molecule has 0 radical (unpaired) electrons. The number of nitrogens with zero attached hydrogens (tertiary/aromatic N) is 4. The standard InChI is InChI=1S/C24H27ClN4O4S/c1-3-4-17-15-26-24(27-16-17)28-12-9-19(10-13-28)33-21-11-14-29(23(30)22(21)25)18-5-7-20(8-6-18)34(2,31)32/h5-8,11,14-16,19H,3-4,9-10,12-13H2,1-2H3. The fourth-order valence-electron chi connectivity index (χ4n) is 3.92. The Morgan fingerprint density at radius 2 is 1.74 bits per heavy atom. The second-order valence-corrected chi connectivity index (χ2v) is 10.8. The van der Waals surface area contributed by atoms with Gasteiger partial charge in [-0.1, -0.05) is 24.9 Å². The van der Waals surface area contributed by atoms with Crippen LogP contribution >= 0.6 is 11.6 Å². The second-order valence-electron chi connectivity index (χ2n) is 8.38. The molecule has 2 aromatic heterocycles.